The molecule has 6 rings (SSSR count). The van der Waals surface area contributed by atoms with E-state index >= 15 is 0 Å². The Bertz CT molecular complexity index is 1970. The van der Waals surface area contributed by atoms with Gasteiger partial charge in [-0.05, 0) is 38.8 Å². The van der Waals surface area contributed by atoms with Crippen LogP contribution >= 0.6 is 0 Å². The third-order valence-corrected chi connectivity index (χ3v) is 13.1. The number of aliphatic hydroxyl groups excluding tert-OH is 3. The van der Waals surface area contributed by atoms with E-state index in [9.17, 15) is 44.4 Å². The number of fused-ring (bicyclic) bond motifs is 5. The summed E-state index contributed by atoms with van der Waals surface area (Å²) in [4.78, 5) is 69.1. The van der Waals surface area contributed by atoms with Gasteiger partial charge in [0.15, 0.2) is 23.3 Å². The number of alkyl carbamates (subject to hydrolysis) is 1. The van der Waals surface area contributed by atoms with Crippen LogP contribution in [-0.4, -0.2) is 104 Å². The standard InChI is InChI=1S/C44H55NO13/c1-23-29(56-38(52)35(50)33(26-17-13-10-14-18-26)45-39(53)58-40(3,4)5)21-44(54)27(19-28(47)25-15-11-9-12-16-25)36-42(8,37(51)34(49)32(23)41(44,6)7)30(48)20-31-43(36,22-55-31)57-24(2)46/h9-18,27,29-31,33,35-37,48,50-51,54H,19-22H2,1-8H3,(H,45,53)/t27-,29-,30-,31+,33-,35+,36?,37?,42+,43-,44+/m0/s1. The van der Waals surface area contributed by atoms with Crippen LogP contribution in [0.3, 0.4) is 0 Å². The summed E-state index contributed by atoms with van der Waals surface area (Å²) in [5.41, 5.74) is -7.22. The molecule has 0 radical (unpaired) electrons. The van der Waals surface area contributed by atoms with Crippen LogP contribution in [0.25, 0.3) is 0 Å². The molecule has 3 fully saturated rings. The molecule has 14 heteroatoms. The van der Waals surface area contributed by atoms with Crippen molar-refractivity contribution < 1.29 is 63.3 Å². The number of carbonyl (C=O) groups is 5. The minimum Gasteiger partial charge on any atom is -0.456 e. The molecule has 1 heterocycles. The molecular formula is C44H55NO13. The Balaban J connectivity index is 1.49. The van der Waals surface area contributed by atoms with Crippen LogP contribution in [0.5, 0.6) is 0 Å². The summed E-state index contributed by atoms with van der Waals surface area (Å²) >= 11 is 0. The van der Waals surface area contributed by atoms with Crippen LogP contribution in [0.15, 0.2) is 71.8 Å². The lowest BCUT2D eigenvalue weighted by atomic mass is 9.41. The lowest BCUT2D eigenvalue weighted by Gasteiger charge is -2.69. The first-order chi connectivity index (χ1) is 27.0. The molecule has 5 N–H and O–H groups in total. The van der Waals surface area contributed by atoms with Gasteiger partial charge in [0, 0.05) is 60.0 Å². The first kappa shape index (κ1) is 43.1. The average Bonchev–Trinajstić information content (AvgIpc) is 3.14. The van der Waals surface area contributed by atoms with Crippen molar-refractivity contribution in [2.45, 2.75) is 128 Å². The SMILES string of the molecule is CC(=O)O[C@@]12CO[C@@H]1C[C@H](O)[C@@]1(C)C(O)C(=O)C3=C(C)[C@@H](OC(=O)[C@H](O)[C@@H](NC(=O)OC(C)(C)C)c4ccccc4)C[C@@](O)([C@@H](CC(=O)c4ccccc4)C12)C3(C)C. The normalized spacial score (nSPS) is 33.8. The van der Waals surface area contributed by atoms with Crippen LogP contribution in [0, 0.1) is 22.7 Å². The van der Waals surface area contributed by atoms with Gasteiger partial charge < -0.3 is 44.7 Å². The molecule has 2 unspecified atom stereocenters. The predicted molar refractivity (Wildman–Crippen MR) is 207 cm³/mol. The molecule has 2 aromatic rings. The molecule has 0 spiro atoms. The van der Waals surface area contributed by atoms with Gasteiger partial charge >= 0.3 is 18.0 Å². The van der Waals surface area contributed by atoms with E-state index in [4.69, 9.17) is 18.9 Å². The number of benzene rings is 2. The Morgan fingerprint density at radius 1 is 0.983 bits per heavy atom. The monoisotopic (exact) mass is 805 g/mol. The summed E-state index contributed by atoms with van der Waals surface area (Å²) in [7, 11) is 0. The summed E-state index contributed by atoms with van der Waals surface area (Å²) in [5.74, 6) is -5.72. The minimum absolute atomic E-state index is 0.0786. The van der Waals surface area contributed by atoms with Crippen molar-refractivity contribution in [2.75, 3.05) is 6.61 Å². The molecule has 0 aromatic heterocycles. The molecule has 11 atom stereocenters. The topological polar surface area (TPSA) is 215 Å². The van der Waals surface area contributed by atoms with E-state index in [0.717, 1.165) is 0 Å². The van der Waals surface area contributed by atoms with Gasteiger partial charge in [-0.2, -0.15) is 0 Å². The number of aliphatic hydroxyl groups is 4. The number of amides is 1. The number of hydrogen-bond donors (Lipinski definition) is 5. The maximum Gasteiger partial charge on any atom is 0.408 e. The second kappa shape index (κ2) is 15.3. The van der Waals surface area contributed by atoms with E-state index in [0.29, 0.717) is 11.1 Å². The fourth-order valence-electron chi connectivity index (χ4n) is 10.2. The van der Waals surface area contributed by atoms with Crippen molar-refractivity contribution in [1.82, 2.24) is 5.32 Å². The first-order valence-electron chi connectivity index (χ1n) is 19.7. The predicted octanol–water partition coefficient (Wildman–Crippen LogP) is 3.92. The molecule has 2 bridgehead atoms. The van der Waals surface area contributed by atoms with Crippen LogP contribution in [0.1, 0.15) is 96.6 Å². The highest BCUT2D eigenvalue weighted by atomic mass is 16.6. The van der Waals surface area contributed by atoms with Crippen LogP contribution < -0.4 is 5.32 Å². The molecule has 2 aromatic carbocycles. The van der Waals surface area contributed by atoms with Crippen LogP contribution in [0.4, 0.5) is 4.79 Å². The van der Waals surface area contributed by atoms with Gasteiger partial charge in [-0.25, -0.2) is 9.59 Å². The van der Waals surface area contributed by atoms with E-state index in [1.54, 1.807) is 95.3 Å². The Labute approximate surface area is 337 Å². The third kappa shape index (κ3) is 7.16. The highest BCUT2D eigenvalue weighted by Crippen LogP contribution is 2.66. The lowest BCUT2D eigenvalue weighted by Crippen LogP contribution is -2.80. The molecule has 314 valence electrons. The second-order valence-corrected chi connectivity index (χ2v) is 18.0. The molecular weight excluding hydrogens is 750 g/mol. The molecule has 2 saturated carbocycles. The van der Waals surface area contributed by atoms with E-state index in [1.807, 2.05) is 0 Å². The fourth-order valence-corrected chi connectivity index (χ4v) is 10.2. The molecule has 1 amide bonds. The van der Waals surface area contributed by atoms with Crippen molar-refractivity contribution in [3.63, 3.8) is 0 Å². The molecule has 1 aliphatic heterocycles. The first-order valence-corrected chi connectivity index (χ1v) is 19.7. The van der Waals surface area contributed by atoms with Gasteiger partial charge in [-0.15, -0.1) is 0 Å². The summed E-state index contributed by atoms with van der Waals surface area (Å²) in [6.07, 6.45) is -9.53. The fraction of sp³-hybridized carbons (Fsp3) is 0.568. The third-order valence-electron chi connectivity index (χ3n) is 13.1. The van der Waals surface area contributed by atoms with Gasteiger partial charge in [-0.3, -0.25) is 14.4 Å². The summed E-state index contributed by atoms with van der Waals surface area (Å²) in [6.45, 7) is 12.2. The quantitative estimate of drug-likeness (QED) is 0.138. The Morgan fingerprint density at radius 3 is 2.14 bits per heavy atom. The molecule has 1 saturated heterocycles. The van der Waals surface area contributed by atoms with Gasteiger partial charge in [0.2, 0.25) is 0 Å². The van der Waals surface area contributed by atoms with E-state index < -0.39 is 118 Å². The maximum absolute atomic E-state index is 14.9. The highest BCUT2D eigenvalue weighted by molar-refractivity contribution is 6.02. The number of ether oxygens (including phenoxy) is 4. The zero-order valence-electron chi connectivity index (χ0n) is 34.2. The number of esters is 2. The highest BCUT2D eigenvalue weighted by Gasteiger charge is 2.76. The largest absolute Gasteiger partial charge is 0.456 e. The van der Waals surface area contributed by atoms with Crippen molar-refractivity contribution in [3.8, 4) is 0 Å². The number of nitrogens with one attached hydrogen (secondary N) is 1. The zero-order valence-corrected chi connectivity index (χ0v) is 34.2. The Morgan fingerprint density at radius 2 is 1.59 bits per heavy atom. The molecule has 4 aliphatic rings. The van der Waals surface area contributed by atoms with Gasteiger partial charge in [0.1, 0.15) is 23.9 Å². The number of carbonyl (C=O) groups excluding carboxylic acids is 5. The number of ketones is 2. The van der Waals surface area contributed by atoms with E-state index in [2.05, 4.69) is 5.32 Å². The molecule has 14 nitrogen and oxygen atoms in total. The Hall–Kier alpha value is -4.47. The van der Waals surface area contributed by atoms with Gasteiger partial charge in [0.05, 0.1) is 24.4 Å². The number of rotatable bonds is 9. The lowest BCUT2D eigenvalue weighted by molar-refractivity contribution is -0.351. The summed E-state index contributed by atoms with van der Waals surface area (Å²) < 4.78 is 23.4. The van der Waals surface area contributed by atoms with Crippen molar-refractivity contribution in [3.05, 3.63) is 82.9 Å². The number of Topliss-reactive ketones (excluding diaryl/α,β-unsaturated/α-hetero) is 2. The molecule has 58 heavy (non-hydrogen) atoms. The Kier molecular flexibility index (Phi) is 11.4. The van der Waals surface area contributed by atoms with Crippen LogP contribution in [0.2, 0.25) is 0 Å². The number of hydrogen-bond acceptors (Lipinski definition) is 13. The average molecular weight is 806 g/mol. The zero-order chi connectivity index (χ0) is 42.7. The summed E-state index contributed by atoms with van der Waals surface area (Å²) in [6, 6.07) is 15.2. The van der Waals surface area contributed by atoms with Gasteiger partial charge in [0.25, 0.3) is 0 Å². The van der Waals surface area contributed by atoms with Crippen molar-refractivity contribution in [2.24, 2.45) is 22.7 Å². The summed E-state index contributed by atoms with van der Waals surface area (Å²) in [5, 5.41) is 51.9. The smallest absolute Gasteiger partial charge is 0.408 e. The van der Waals surface area contributed by atoms with Crippen molar-refractivity contribution in [1.29, 1.82) is 0 Å². The van der Waals surface area contributed by atoms with E-state index in [-0.39, 0.29) is 24.2 Å². The minimum atomic E-state index is -2.15. The van der Waals surface area contributed by atoms with Crippen molar-refractivity contribution >= 4 is 29.6 Å². The maximum atomic E-state index is 14.9. The van der Waals surface area contributed by atoms with Crippen LogP contribution in [-0.2, 0) is 33.3 Å². The van der Waals surface area contributed by atoms with E-state index in [1.165, 1.54) is 20.8 Å². The van der Waals surface area contributed by atoms with Gasteiger partial charge in [-0.1, -0.05) is 81.4 Å². The molecule has 3 aliphatic carbocycles. The second-order valence-electron chi connectivity index (χ2n) is 18.0.